The van der Waals surface area contributed by atoms with E-state index in [-0.39, 0.29) is 34.8 Å². The summed E-state index contributed by atoms with van der Waals surface area (Å²) in [6.45, 7) is 5.60. The van der Waals surface area contributed by atoms with Crippen molar-refractivity contribution in [1.29, 1.82) is 0 Å². The molecule has 1 aliphatic rings. The first-order valence-electron chi connectivity index (χ1n) is 12.8. The van der Waals surface area contributed by atoms with Crippen molar-refractivity contribution in [3.8, 4) is 22.8 Å². The maximum absolute atomic E-state index is 13.5. The molecule has 1 aliphatic carbocycles. The zero-order valence-electron chi connectivity index (χ0n) is 23.5. The Labute approximate surface area is 237 Å². The second-order valence-electron chi connectivity index (χ2n) is 9.97. The van der Waals surface area contributed by atoms with Crippen LogP contribution < -0.4 is 15.4 Å². The van der Waals surface area contributed by atoms with E-state index in [1.165, 1.54) is 37.1 Å². The number of phenols is 1. The fraction of sp³-hybridized carbons (Fsp3) is 0.379. The molecule has 0 saturated heterocycles. The number of carbonyl (C=O) groups excluding carboxylic acids is 3. The molecule has 12 heteroatoms. The molecule has 2 aromatic rings. The number of carbonyl (C=O) groups is 3. The molecule has 41 heavy (non-hydrogen) atoms. The van der Waals surface area contributed by atoms with Crippen LogP contribution in [-0.2, 0) is 14.3 Å². The minimum atomic E-state index is -0.993. The predicted octanol–water partition coefficient (Wildman–Crippen LogP) is 4.25. The summed E-state index contributed by atoms with van der Waals surface area (Å²) in [5.74, 6) is -1.81. The van der Waals surface area contributed by atoms with Crippen LogP contribution >= 0.6 is 0 Å². The van der Waals surface area contributed by atoms with Gasteiger partial charge in [-0.2, -0.15) is 9.49 Å². The molecule has 11 nitrogen and oxygen atoms in total. The van der Waals surface area contributed by atoms with Crippen molar-refractivity contribution in [3.63, 3.8) is 0 Å². The number of ether oxygens (including phenoxy) is 3. The lowest BCUT2D eigenvalue weighted by atomic mass is 10.1. The maximum Gasteiger partial charge on any atom is 0.407 e. The zero-order valence-corrected chi connectivity index (χ0v) is 23.5. The van der Waals surface area contributed by atoms with Crippen molar-refractivity contribution in [2.75, 3.05) is 20.8 Å². The van der Waals surface area contributed by atoms with Crippen LogP contribution in [0.25, 0.3) is 17.0 Å². The Kier molecular flexibility index (Phi) is 10.1. The van der Waals surface area contributed by atoms with E-state index in [9.17, 15) is 23.9 Å². The Morgan fingerprint density at radius 1 is 1.15 bits per heavy atom. The molecule has 3 rings (SSSR count). The number of phenolic OH excluding ortho intramolecular Hbond substituents is 1. The van der Waals surface area contributed by atoms with Gasteiger partial charge in [0, 0.05) is 6.54 Å². The molecule has 0 spiro atoms. The lowest BCUT2D eigenvalue weighted by Gasteiger charge is -2.19. The van der Waals surface area contributed by atoms with Gasteiger partial charge >= 0.3 is 12.1 Å². The van der Waals surface area contributed by atoms with Crippen molar-refractivity contribution < 1.29 is 38.1 Å². The van der Waals surface area contributed by atoms with Crippen LogP contribution in [0.4, 0.5) is 9.18 Å². The molecular weight excluding hydrogens is 535 g/mol. The quantitative estimate of drug-likeness (QED) is 0.208. The topological polar surface area (TPSA) is 141 Å². The van der Waals surface area contributed by atoms with Crippen LogP contribution in [0.5, 0.6) is 11.5 Å². The molecule has 0 aliphatic heterocycles. The number of benzene rings is 1. The third-order valence-electron chi connectivity index (χ3n) is 5.73. The molecule has 2 amide bonds. The number of methoxy groups -OCH3 is 2. The number of hydrogen-bond donors (Lipinski definition) is 3. The molecule has 0 unspecified atom stereocenters. The number of nitrogens with one attached hydrogen (secondary N) is 2. The Morgan fingerprint density at radius 3 is 2.54 bits per heavy atom. The number of hydrogen-bond acceptors (Lipinski definition) is 8. The molecule has 0 saturated carbocycles. The molecule has 0 fully saturated rings. The van der Waals surface area contributed by atoms with Gasteiger partial charge in [0.15, 0.2) is 11.5 Å². The fourth-order valence-corrected chi connectivity index (χ4v) is 3.89. The number of halogens is 1. The molecule has 1 aromatic heterocycles. The SMILES string of the molecule is COC(=O)[C@H](CCCCNC(=O)OC(C)(C)C)NC(=O)c1cc(-c2c(O)cccc2OC)n(C2=C=C=C(F)C=C2)n1. The van der Waals surface area contributed by atoms with Gasteiger partial charge in [0.05, 0.1) is 25.5 Å². The van der Waals surface area contributed by atoms with Crippen molar-refractivity contribution in [3.05, 3.63) is 59.4 Å². The predicted molar refractivity (Wildman–Crippen MR) is 148 cm³/mol. The molecule has 1 heterocycles. The van der Waals surface area contributed by atoms with E-state index >= 15 is 0 Å². The average Bonchev–Trinajstić information content (AvgIpc) is 3.36. The number of unbranched alkanes of at least 4 members (excludes halogenated alkanes) is 1. The van der Waals surface area contributed by atoms with E-state index in [1.807, 2.05) is 0 Å². The molecule has 3 N–H and O–H groups in total. The van der Waals surface area contributed by atoms with Gasteiger partial charge in [0.1, 0.15) is 28.8 Å². The second-order valence-corrected chi connectivity index (χ2v) is 9.97. The summed E-state index contributed by atoms with van der Waals surface area (Å²) < 4.78 is 30.3. The van der Waals surface area contributed by atoms with E-state index in [1.54, 1.807) is 32.9 Å². The normalized spacial score (nSPS) is 13.1. The number of aromatic nitrogens is 2. The number of allylic oxidation sites excluding steroid dienone is 4. The highest BCUT2D eigenvalue weighted by Crippen LogP contribution is 2.39. The van der Waals surface area contributed by atoms with Gasteiger partial charge in [-0.15, -0.1) is 0 Å². The number of rotatable bonds is 11. The van der Waals surface area contributed by atoms with Gasteiger partial charge in [-0.25, -0.2) is 14.3 Å². The summed E-state index contributed by atoms with van der Waals surface area (Å²) in [5, 5.41) is 20.3. The Balaban J connectivity index is 1.81. The smallest absolute Gasteiger partial charge is 0.407 e. The van der Waals surface area contributed by atoms with Crippen LogP contribution in [0.1, 0.15) is 50.5 Å². The standard InChI is InChI=1S/C29H33FN4O7/c1-29(2,3)41-28(38)31-16-7-6-9-20(27(37)40-5)32-26(36)21-17-22(25-23(35)10-8-11-24(25)39-4)34(33-21)19-14-12-18(30)13-15-19/h8,10-12,14,17,20,35H,6-7,9,16H2,1-5H3,(H,31,38)(H,32,36)/t20-/m0/s1. The molecule has 1 aromatic carbocycles. The lowest BCUT2D eigenvalue weighted by molar-refractivity contribution is -0.143. The lowest BCUT2D eigenvalue weighted by Crippen LogP contribution is -2.41. The molecule has 218 valence electrons. The number of nitrogens with zero attached hydrogens (tertiary/aromatic N) is 2. The van der Waals surface area contributed by atoms with Crippen molar-refractivity contribution in [1.82, 2.24) is 20.4 Å². The van der Waals surface area contributed by atoms with Crippen LogP contribution in [-0.4, -0.2) is 65.3 Å². The Morgan fingerprint density at radius 2 is 1.90 bits per heavy atom. The highest BCUT2D eigenvalue weighted by atomic mass is 19.1. The third kappa shape index (κ3) is 8.35. The minimum Gasteiger partial charge on any atom is -0.507 e. The van der Waals surface area contributed by atoms with Gasteiger partial charge in [-0.05, 0) is 81.8 Å². The molecule has 1 atom stereocenters. The van der Waals surface area contributed by atoms with E-state index in [0.29, 0.717) is 25.1 Å². The number of amides is 2. The zero-order chi connectivity index (χ0) is 30.2. The number of aromatic hydroxyl groups is 1. The number of esters is 1. The average molecular weight is 569 g/mol. The van der Waals surface area contributed by atoms with Crippen molar-refractivity contribution in [2.24, 2.45) is 0 Å². The highest BCUT2D eigenvalue weighted by Gasteiger charge is 2.26. The Bertz CT molecular complexity index is 1440. The largest absolute Gasteiger partial charge is 0.507 e. The van der Waals surface area contributed by atoms with E-state index in [4.69, 9.17) is 14.2 Å². The first kappa shape index (κ1) is 30.7. The van der Waals surface area contributed by atoms with Gasteiger partial charge in [0.25, 0.3) is 5.91 Å². The van der Waals surface area contributed by atoms with Crippen LogP contribution in [0.15, 0.2) is 53.7 Å². The summed E-state index contributed by atoms with van der Waals surface area (Å²) in [4.78, 5) is 37.5. The minimum absolute atomic E-state index is 0.0940. The van der Waals surface area contributed by atoms with Crippen molar-refractivity contribution in [2.45, 2.75) is 51.7 Å². The summed E-state index contributed by atoms with van der Waals surface area (Å²) in [6.07, 6.45) is 3.23. The van der Waals surface area contributed by atoms with E-state index < -0.39 is 35.4 Å². The van der Waals surface area contributed by atoms with Crippen LogP contribution in [0.2, 0.25) is 0 Å². The maximum atomic E-state index is 13.5. The Hall–Kier alpha value is -4.79. The van der Waals surface area contributed by atoms with Gasteiger partial charge in [-0.1, -0.05) is 6.07 Å². The van der Waals surface area contributed by atoms with Crippen LogP contribution in [0.3, 0.4) is 0 Å². The monoisotopic (exact) mass is 568 g/mol. The van der Waals surface area contributed by atoms with Gasteiger partial charge in [-0.3, -0.25) is 4.79 Å². The molecule has 0 bridgehead atoms. The van der Waals surface area contributed by atoms with E-state index in [2.05, 4.69) is 27.2 Å². The van der Waals surface area contributed by atoms with Crippen LogP contribution in [0, 0.1) is 0 Å². The highest BCUT2D eigenvalue weighted by molar-refractivity contribution is 5.97. The first-order chi connectivity index (χ1) is 19.4. The molecule has 0 radical (unpaired) electrons. The van der Waals surface area contributed by atoms with E-state index in [0.717, 1.165) is 6.08 Å². The third-order valence-corrected chi connectivity index (χ3v) is 5.73. The summed E-state index contributed by atoms with van der Waals surface area (Å²) in [7, 11) is 2.64. The second kappa shape index (κ2) is 13.5. The number of alkyl carbamates (subject to hydrolysis) is 1. The first-order valence-corrected chi connectivity index (χ1v) is 12.8. The van der Waals surface area contributed by atoms with Gasteiger partial charge in [0.2, 0.25) is 0 Å². The summed E-state index contributed by atoms with van der Waals surface area (Å²) >= 11 is 0. The molecular formula is C29H33FN4O7. The van der Waals surface area contributed by atoms with Gasteiger partial charge < -0.3 is 30.0 Å². The van der Waals surface area contributed by atoms with Crippen molar-refractivity contribution >= 4 is 23.7 Å². The fourth-order valence-electron chi connectivity index (χ4n) is 3.89. The summed E-state index contributed by atoms with van der Waals surface area (Å²) in [5.41, 5.74) is 4.98. The summed E-state index contributed by atoms with van der Waals surface area (Å²) in [6, 6.07) is 5.07.